The molecule has 0 saturated heterocycles. The minimum Gasteiger partial charge on any atom is -0.383 e. The molecular formula is C18H16N6O. The summed E-state index contributed by atoms with van der Waals surface area (Å²) in [6, 6.07) is 13.0. The van der Waals surface area contributed by atoms with E-state index in [1.165, 1.54) is 0 Å². The van der Waals surface area contributed by atoms with Crippen LogP contribution < -0.4 is 16.8 Å². The summed E-state index contributed by atoms with van der Waals surface area (Å²) >= 11 is 0. The van der Waals surface area contributed by atoms with Crippen molar-refractivity contribution in [3.63, 3.8) is 0 Å². The van der Waals surface area contributed by atoms with Gasteiger partial charge in [-0.3, -0.25) is 4.79 Å². The van der Waals surface area contributed by atoms with Gasteiger partial charge in [0.05, 0.1) is 5.52 Å². The minimum absolute atomic E-state index is 0.135. The Bertz CT molecular complexity index is 1100. The van der Waals surface area contributed by atoms with Crippen molar-refractivity contribution < 1.29 is 4.79 Å². The van der Waals surface area contributed by atoms with Crippen molar-refractivity contribution >= 4 is 39.5 Å². The van der Waals surface area contributed by atoms with Crippen LogP contribution in [0, 0.1) is 0 Å². The van der Waals surface area contributed by atoms with Gasteiger partial charge in [-0.2, -0.15) is 4.98 Å². The lowest BCUT2D eigenvalue weighted by Gasteiger charge is -2.08. The third-order valence-corrected chi connectivity index (χ3v) is 4.08. The first-order chi connectivity index (χ1) is 12.1. The van der Waals surface area contributed by atoms with Crippen LogP contribution in [-0.2, 0) is 6.54 Å². The molecule has 25 heavy (non-hydrogen) atoms. The molecule has 6 N–H and O–H groups in total. The zero-order valence-corrected chi connectivity index (χ0v) is 13.3. The Morgan fingerprint density at radius 1 is 1.08 bits per heavy atom. The summed E-state index contributed by atoms with van der Waals surface area (Å²) in [5.74, 6) is 0.338. The molecule has 0 aliphatic carbocycles. The second-order valence-electron chi connectivity index (χ2n) is 5.78. The van der Waals surface area contributed by atoms with Crippen LogP contribution in [-0.4, -0.2) is 20.9 Å². The number of fused-ring (bicyclic) bond motifs is 2. The Labute approximate surface area is 143 Å². The normalized spacial score (nSPS) is 11.0. The SMILES string of the molecule is Nc1nc(N)c2cc(CNC(=O)c3ccc4[nH]ccc4c3)ccc2n1. The Hall–Kier alpha value is -3.61. The standard InChI is InChI=1S/C18H16N6O/c19-16-13-7-10(1-3-15(13)23-18(20)24-16)9-22-17(25)12-2-4-14-11(8-12)5-6-21-14/h1-8,21H,9H2,(H,22,25)(H4,19,20,23,24). The number of nitrogens with zero attached hydrogens (tertiary/aromatic N) is 2. The summed E-state index contributed by atoms with van der Waals surface area (Å²) < 4.78 is 0. The fourth-order valence-corrected chi connectivity index (χ4v) is 2.81. The third kappa shape index (κ3) is 2.83. The van der Waals surface area contributed by atoms with Crippen molar-refractivity contribution in [3.05, 3.63) is 59.8 Å². The molecule has 124 valence electrons. The summed E-state index contributed by atoms with van der Waals surface area (Å²) in [5, 5.41) is 4.63. The second-order valence-corrected chi connectivity index (χ2v) is 5.78. The minimum atomic E-state index is -0.135. The number of aromatic nitrogens is 3. The predicted molar refractivity (Wildman–Crippen MR) is 97.8 cm³/mol. The van der Waals surface area contributed by atoms with Crippen molar-refractivity contribution in [1.82, 2.24) is 20.3 Å². The number of anilines is 2. The van der Waals surface area contributed by atoms with Gasteiger partial charge in [0.2, 0.25) is 5.95 Å². The van der Waals surface area contributed by atoms with E-state index in [-0.39, 0.29) is 11.9 Å². The number of carbonyl (C=O) groups is 1. The van der Waals surface area contributed by atoms with Gasteiger partial charge < -0.3 is 21.8 Å². The number of rotatable bonds is 3. The van der Waals surface area contributed by atoms with E-state index in [0.29, 0.717) is 23.4 Å². The number of amides is 1. The predicted octanol–water partition coefficient (Wildman–Crippen LogP) is 2.21. The summed E-state index contributed by atoms with van der Waals surface area (Å²) in [6.07, 6.45) is 1.85. The topological polar surface area (TPSA) is 123 Å². The Morgan fingerprint density at radius 2 is 1.96 bits per heavy atom. The third-order valence-electron chi connectivity index (χ3n) is 4.08. The first-order valence-electron chi connectivity index (χ1n) is 7.77. The molecule has 2 aromatic carbocycles. The maximum Gasteiger partial charge on any atom is 0.251 e. The summed E-state index contributed by atoms with van der Waals surface area (Å²) in [6.45, 7) is 0.379. The molecule has 4 rings (SSSR count). The van der Waals surface area contributed by atoms with Gasteiger partial charge in [-0.15, -0.1) is 0 Å². The molecule has 0 fully saturated rings. The molecular weight excluding hydrogens is 316 g/mol. The number of aromatic amines is 1. The molecule has 2 aromatic heterocycles. The average molecular weight is 332 g/mol. The number of benzene rings is 2. The highest BCUT2D eigenvalue weighted by Crippen LogP contribution is 2.20. The van der Waals surface area contributed by atoms with Gasteiger partial charge in [0, 0.05) is 34.6 Å². The molecule has 0 radical (unpaired) electrons. The number of nitrogen functional groups attached to an aromatic ring is 2. The van der Waals surface area contributed by atoms with Crippen LogP contribution in [0.15, 0.2) is 48.7 Å². The van der Waals surface area contributed by atoms with E-state index >= 15 is 0 Å². The number of carbonyl (C=O) groups excluding carboxylic acids is 1. The zero-order valence-electron chi connectivity index (χ0n) is 13.3. The smallest absolute Gasteiger partial charge is 0.251 e. The lowest BCUT2D eigenvalue weighted by Crippen LogP contribution is -2.22. The van der Waals surface area contributed by atoms with E-state index in [1.54, 1.807) is 6.07 Å². The first-order valence-corrected chi connectivity index (χ1v) is 7.77. The van der Waals surface area contributed by atoms with Crippen molar-refractivity contribution in [3.8, 4) is 0 Å². The summed E-state index contributed by atoms with van der Waals surface area (Å²) in [4.78, 5) is 23.6. The summed E-state index contributed by atoms with van der Waals surface area (Å²) in [5.41, 5.74) is 14.7. The molecule has 0 unspecified atom stereocenters. The van der Waals surface area contributed by atoms with Gasteiger partial charge in [-0.1, -0.05) is 6.07 Å². The van der Waals surface area contributed by atoms with Crippen LogP contribution in [0.1, 0.15) is 15.9 Å². The Balaban J connectivity index is 1.54. The van der Waals surface area contributed by atoms with Crippen molar-refractivity contribution in [1.29, 1.82) is 0 Å². The molecule has 4 aromatic rings. The average Bonchev–Trinajstić information content (AvgIpc) is 3.07. The van der Waals surface area contributed by atoms with Crippen molar-refractivity contribution in [2.24, 2.45) is 0 Å². The van der Waals surface area contributed by atoms with E-state index < -0.39 is 0 Å². The molecule has 2 heterocycles. The molecule has 0 bridgehead atoms. The van der Waals surface area contributed by atoms with Crippen molar-refractivity contribution in [2.75, 3.05) is 11.5 Å². The maximum atomic E-state index is 12.4. The zero-order chi connectivity index (χ0) is 17.4. The largest absolute Gasteiger partial charge is 0.383 e. The van der Waals surface area contributed by atoms with Gasteiger partial charge in [0.1, 0.15) is 5.82 Å². The molecule has 1 amide bonds. The fraction of sp³-hybridized carbons (Fsp3) is 0.0556. The number of nitrogens with two attached hydrogens (primary N) is 2. The second kappa shape index (κ2) is 5.79. The highest BCUT2D eigenvalue weighted by molar-refractivity contribution is 5.98. The van der Waals surface area contributed by atoms with Crippen LogP contribution in [0.4, 0.5) is 11.8 Å². The van der Waals surface area contributed by atoms with E-state index in [9.17, 15) is 4.79 Å². The van der Waals surface area contributed by atoms with E-state index in [2.05, 4.69) is 20.3 Å². The lowest BCUT2D eigenvalue weighted by molar-refractivity contribution is 0.0951. The maximum absolute atomic E-state index is 12.4. The number of H-pyrrole nitrogens is 1. The highest BCUT2D eigenvalue weighted by atomic mass is 16.1. The number of hydrogen-bond acceptors (Lipinski definition) is 5. The Morgan fingerprint density at radius 3 is 2.84 bits per heavy atom. The molecule has 0 aliphatic heterocycles. The van der Waals surface area contributed by atoms with Crippen LogP contribution in [0.3, 0.4) is 0 Å². The van der Waals surface area contributed by atoms with Crippen LogP contribution in [0.25, 0.3) is 21.8 Å². The molecule has 0 aliphatic rings. The van der Waals surface area contributed by atoms with Gasteiger partial charge in [0.15, 0.2) is 0 Å². The van der Waals surface area contributed by atoms with Gasteiger partial charge >= 0.3 is 0 Å². The quantitative estimate of drug-likeness (QED) is 0.458. The molecule has 0 saturated carbocycles. The van der Waals surface area contributed by atoms with E-state index in [4.69, 9.17) is 11.5 Å². The molecule has 7 nitrogen and oxygen atoms in total. The van der Waals surface area contributed by atoms with E-state index in [0.717, 1.165) is 21.9 Å². The highest BCUT2D eigenvalue weighted by Gasteiger charge is 2.08. The molecule has 0 spiro atoms. The molecule has 7 heteroatoms. The van der Waals surface area contributed by atoms with Crippen LogP contribution >= 0.6 is 0 Å². The van der Waals surface area contributed by atoms with E-state index in [1.807, 2.05) is 42.6 Å². The lowest BCUT2D eigenvalue weighted by atomic mass is 10.1. The first kappa shape index (κ1) is 14.9. The summed E-state index contributed by atoms with van der Waals surface area (Å²) in [7, 11) is 0. The van der Waals surface area contributed by atoms with Gasteiger partial charge in [-0.05, 0) is 42.0 Å². The van der Waals surface area contributed by atoms with Crippen molar-refractivity contribution in [2.45, 2.75) is 6.54 Å². The van der Waals surface area contributed by atoms with Crippen LogP contribution in [0.2, 0.25) is 0 Å². The molecule has 0 atom stereocenters. The number of nitrogens with one attached hydrogen (secondary N) is 2. The van der Waals surface area contributed by atoms with Gasteiger partial charge in [0.25, 0.3) is 5.91 Å². The van der Waals surface area contributed by atoms with Crippen LogP contribution in [0.5, 0.6) is 0 Å². The monoisotopic (exact) mass is 332 g/mol. The fourth-order valence-electron chi connectivity index (χ4n) is 2.81. The number of hydrogen-bond donors (Lipinski definition) is 4. The Kier molecular flexibility index (Phi) is 3.46. The van der Waals surface area contributed by atoms with Gasteiger partial charge in [-0.25, -0.2) is 4.98 Å².